The van der Waals surface area contributed by atoms with E-state index in [4.69, 9.17) is 14.2 Å². The lowest BCUT2D eigenvalue weighted by Crippen LogP contribution is -2.28. The summed E-state index contributed by atoms with van der Waals surface area (Å²) in [6.07, 6.45) is 13.1. The minimum absolute atomic E-state index is 0.302. The van der Waals surface area contributed by atoms with Crippen LogP contribution in [0.3, 0.4) is 0 Å². The third-order valence-electron chi connectivity index (χ3n) is 13.0. The third kappa shape index (κ3) is 10.9. The first-order chi connectivity index (χ1) is 31.3. The zero-order chi connectivity index (χ0) is 45.4. The van der Waals surface area contributed by atoms with Crippen molar-refractivity contribution in [2.75, 3.05) is 59.1 Å². The van der Waals surface area contributed by atoms with Gasteiger partial charge in [0.2, 0.25) is 0 Å². The second-order valence-electron chi connectivity index (χ2n) is 17.1. The van der Waals surface area contributed by atoms with E-state index >= 15 is 0 Å². The molecule has 3 aliphatic heterocycles. The molecular weight excluding hydrogens is 811 g/mol. The minimum Gasteiger partial charge on any atom is -0.461 e. The summed E-state index contributed by atoms with van der Waals surface area (Å²) in [4.78, 5) is 47.9. The molecule has 3 heterocycles. The molecule has 0 N–H and O–H groups in total. The number of nitrogens with zero attached hydrogens (tertiary/aromatic N) is 9. The highest BCUT2D eigenvalue weighted by Gasteiger charge is 2.32. The van der Waals surface area contributed by atoms with Gasteiger partial charge >= 0.3 is 17.9 Å². The van der Waals surface area contributed by atoms with Gasteiger partial charge in [-0.3, -0.25) is 0 Å². The number of hydrogen-bond acceptors (Lipinski definition) is 15. The SMILES string of the molecule is N#CC1=C(N2CCCC2)CCCC/C1=C(/C#N)C(=O)OCC(COC(=O)/C(C#N)=C1\CCCCC(N2CCCC2)=C1C#N)COC(=O)/C(C#N)=C1\CCCCC(N2CCCC2)=C1C#N. The number of ether oxygens (including phenoxy) is 3. The standard InChI is InChI=1S/C49H55N9O6/c50-25-38-35(13-1-4-16-44(38)56-19-7-8-20-56)41(28-53)47(59)62-31-34(32-63-48(60)42(29-54)36-14-2-5-17-45(39(36)26-51)57-21-9-10-22-57)33-64-49(61)43(30-55)37-15-3-6-18-46(40(37)27-52)58-23-11-12-24-58/h34H,1-24,31-33H2/b41-35+,42-36+,43-37+. The Kier molecular flexibility index (Phi) is 16.8. The van der Waals surface area contributed by atoms with Gasteiger partial charge in [0.05, 0.1) is 22.6 Å². The van der Waals surface area contributed by atoms with E-state index in [2.05, 4.69) is 32.9 Å². The minimum atomic E-state index is -1.04. The molecule has 3 aliphatic carbocycles. The van der Waals surface area contributed by atoms with Gasteiger partial charge in [-0.25, -0.2) is 14.4 Å². The Hall–Kier alpha value is -6.81. The van der Waals surface area contributed by atoms with E-state index in [1.165, 1.54) is 0 Å². The molecule has 0 aromatic heterocycles. The lowest BCUT2D eigenvalue weighted by molar-refractivity contribution is -0.148. The Morgan fingerprint density at radius 1 is 0.406 bits per heavy atom. The predicted octanol–water partition coefficient (Wildman–Crippen LogP) is 7.04. The highest BCUT2D eigenvalue weighted by atomic mass is 16.6. The van der Waals surface area contributed by atoms with Crippen LogP contribution in [0.4, 0.5) is 0 Å². The average molecular weight is 866 g/mol. The quantitative estimate of drug-likeness (QED) is 0.0829. The maximum absolute atomic E-state index is 13.8. The van der Waals surface area contributed by atoms with Crippen LogP contribution < -0.4 is 0 Å². The fraction of sp³-hybridized carbons (Fsp3) is 0.571. The van der Waals surface area contributed by atoms with E-state index < -0.39 is 43.6 Å². The Labute approximate surface area is 376 Å². The van der Waals surface area contributed by atoms with Crippen LogP contribution in [0, 0.1) is 73.9 Å². The highest BCUT2D eigenvalue weighted by molar-refractivity contribution is 5.96. The molecule has 0 aromatic rings. The summed E-state index contributed by atoms with van der Waals surface area (Å²) in [5.41, 5.74) is 3.37. The van der Waals surface area contributed by atoms with Crippen molar-refractivity contribution >= 4 is 17.9 Å². The zero-order valence-corrected chi connectivity index (χ0v) is 36.6. The van der Waals surface area contributed by atoms with Crippen LogP contribution in [0.5, 0.6) is 0 Å². The van der Waals surface area contributed by atoms with E-state index in [1.54, 1.807) is 0 Å². The molecule has 0 unspecified atom stereocenters. The molecule has 3 saturated heterocycles. The predicted molar refractivity (Wildman–Crippen MR) is 230 cm³/mol. The van der Waals surface area contributed by atoms with Crippen molar-refractivity contribution in [3.63, 3.8) is 0 Å². The molecule has 64 heavy (non-hydrogen) atoms. The van der Waals surface area contributed by atoms with Crippen LogP contribution in [0.15, 0.2) is 67.2 Å². The number of carbonyl (C=O) groups excluding carboxylic acids is 3. The number of nitriles is 6. The van der Waals surface area contributed by atoms with Crippen LogP contribution in [0.25, 0.3) is 0 Å². The largest absolute Gasteiger partial charge is 0.461 e. The monoisotopic (exact) mass is 865 g/mol. The molecule has 0 saturated carbocycles. The van der Waals surface area contributed by atoms with E-state index in [-0.39, 0.29) is 16.7 Å². The molecule has 6 rings (SSSR count). The van der Waals surface area contributed by atoms with Gasteiger partial charge in [-0.15, -0.1) is 0 Å². The normalized spacial score (nSPS) is 21.9. The number of carbonyl (C=O) groups is 3. The summed E-state index contributed by atoms with van der Waals surface area (Å²) in [5, 5.41) is 62.0. The molecule has 3 fully saturated rings. The van der Waals surface area contributed by atoms with Gasteiger partial charge in [-0.2, -0.15) is 31.6 Å². The average Bonchev–Trinajstić information content (AvgIpc) is 4.09. The van der Waals surface area contributed by atoms with Crippen molar-refractivity contribution in [1.82, 2.24) is 14.7 Å². The van der Waals surface area contributed by atoms with Crippen LogP contribution in [0.2, 0.25) is 0 Å². The van der Waals surface area contributed by atoms with Crippen LogP contribution >= 0.6 is 0 Å². The molecule has 332 valence electrons. The molecule has 0 spiro atoms. The number of rotatable bonds is 12. The number of allylic oxidation sites excluding steroid dienone is 9. The van der Waals surface area contributed by atoms with E-state index in [0.717, 1.165) is 114 Å². The lowest BCUT2D eigenvalue weighted by atomic mass is 9.96. The van der Waals surface area contributed by atoms with E-state index in [1.807, 2.05) is 18.2 Å². The Balaban J connectivity index is 1.28. The second-order valence-corrected chi connectivity index (χ2v) is 17.1. The fourth-order valence-electron chi connectivity index (χ4n) is 9.76. The maximum Gasteiger partial charge on any atom is 0.349 e. The van der Waals surface area contributed by atoms with Crippen LogP contribution in [0.1, 0.15) is 116 Å². The van der Waals surface area contributed by atoms with Gasteiger partial charge in [0.1, 0.15) is 73.0 Å². The van der Waals surface area contributed by atoms with Gasteiger partial charge in [-0.1, -0.05) is 0 Å². The Morgan fingerprint density at radius 2 is 0.656 bits per heavy atom. The molecule has 0 aromatic carbocycles. The number of esters is 3. The molecule has 0 atom stereocenters. The van der Waals surface area contributed by atoms with Crippen molar-refractivity contribution in [2.24, 2.45) is 5.92 Å². The fourth-order valence-corrected chi connectivity index (χ4v) is 9.76. The van der Waals surface area contributed by atoms with Gasteiger partial charge in [0.15, 0.2) is 0 Å². The van der Waals surface area contributed by atoms with Gasteiger partial charge < -0.3 is 28.9 Å². The van der Waals surface area contributed by atoms with Crippen LogP contribution in [-0.2, 0) is 28.6 Å². The highest BCUT2D eigenvalue weighted by Crippen LogP contribution is 2.37. The van der Waals surface area contributed by atoms with Crippen molar-refractivity contribution in [3.8, 4) is 36.4 Å². The molecule has 0 amide bonds. The van der Waals surface area contributed by atoms with E-state index in [0.29, 0.717) is 91.2 Å². The summed E-state index contributed by atoms with van der Waals surface area (Å²) < 4.78 is 17.1. The third-order valence-corrected chi connectivity index (χ3v) is 13.0. The summed E-state index contributed by atoms with van der Waals surface area (Å²) in [6.45, 7) is 3.19. The van der Waals surface area contributed by atoms with Gasteiger partial charge in [0, 0.05) is 56.4 Å². The maximum atomic E-state index is 13.8. The Bertz CT molecular complexity index is 2050. The molecule has 0 radical (unpaired) electrons. The summed E-state index contributed by atoms with van der Waals surface area (Å²) in [5.74, 6) is -4.03. The lowest BCUT2D eigenvalue weighted by Gasteiger charge is -2.23. The second kappa shape index (κ2) is 23.0. The summed E-state index contributed by atoms with van der Waals surface area (Å²) >= 11 is 0. The summed E-state index contributed by atoms with van der Waals surface area (Å²) in [6, 6.07) is 12.7. The molecule has 15 nitrogen and oxygen atoms in total. The Morgan fingerprint density at radius 3 is 0.891 bits per heavy atom. The zero-order valence-electron chi connectivity index (χ0n) is 36.6. The first-order valence-electron chi connectivity index (χ1n) is 22.8. The molecular formula is C49H55N9O6. The van der Waals surface area contributed by atoms with Gasteiger partial charge in [-0.05, 0) is 132 Å². The van der Waals surface area contributed by atoms with Crippen molar-refractivity contribution < 1.29 is 28.6 Å². The van der Waals surface area contributed by atoms with Crippen LogP contribution in [-0.4, -0.2) is 91.7 Å². The van der Waals surface area contributed by atoms with Crippen molar-refractivity contribution in [2.45, 2.75) is 116 Å². The van der Waals surface area contributed by atoms with Crippen molar-refractivity contribution in [3.05, 3.63) is 67.2 Å². The molecule has 15 heteroatoms. The first kappa shape index (κ1) is 46.7. The first-order valence-corrected chi connectivity index (χ1v) is 22.8. The number of likely N-dealkylation sites (tertiary alicyclic amines) is 3. The van der Waals surface area contributed by atoms with Gasteiger partial charge in [0.25, 0.3) is 0 Å². The van der Waals surface area contributed by atoms with E-state index in [9.17, 15) is 46.0 Å². The van der Waals surface area contributed by atoms with Crippen molar-refractivity contribution in [1.29, 1.82) is 31.6 Å². The molecule has 0 bridgehead atoms. The smallest absolute Gasteiger partial charge is 0.349 e. The number of hydrogen-bond donors (Lipinski definition) is 0. The molecule has 6 aliphatic rings. The summed E-state index contributed by atoms with van der Waals surface area (Å²) in [7, 11) is 0. The topological polar surface area (TPSA) is 231 Å².